The van der Waals surface area contributed by atoms with E-state index in [1.165, 1.54) is 0 Å². The molecule has 0 aromatic heterocycles. The number of hydrogen-bond acceptors (Lipinski definition) is 3. The number of ether oxygens (including phenoxy) is 1. The SMILES string of the molecule is CCOC(=O)C(C)(C)CC(=O)Cl. The molecule has 0 atom stereocenters. The summed E-state index contributed by atoms with van der Waals surface area (Å²) in [6.07, 6.45) is 0.00733. The molecule has 0 rings (SSSR count). The van der Waals surface area contributed by atoms with Gasteiger partial charge in [0.1, 0.15) is 0 Å². The Kier molecular flexibility index (Phi) is 4.24. The van der Waals surface area contributed by atoms with Crippen molar-refractivity contribution in [2.75, 3.05) is 6.61 Å². The summed E-state index contributed by atoms with van der Waals surface area (Å²) in [5, 5.41) is -0.520. The lowest BCUT2D eigenvalue weighted by atomic mass is 9.90. The molecule has 0 aliphatic carbocycles. The average molecular weight is 193 g/mol. The van der Waals surface area contributed by atoms with E-state index in [9.17, 15) is 9.59 Å². The zero-order valence-electron chi connectivity index (χ0n) is 7.52. The molecule has 70 valence electrons. The summed E-state index contributed by atoms with van der Waals surface area (Å²) < 4.78 is 4.76. The Balaban J connectivity index is 4.18. The zero-order valence-corrected chi connectivity index (χ0v) is 8.27. The maximum atomic E-state index is 11.2. The van der Waals surface area contributed by atoms with Crippen LogP contribution in [0.1, 0.15) is 27.2 Å². The molecule has 3 nitrogen and oxygen atoms in total. The smallest absolute Gasteiger partial charge is 0.311 e. The average Bonchev–Trinajstić information content (AvgIpc) is 1.85. The van der Waals surface area contributed by atoms with Crippen LogP contribution in [0.5, 0.6) is 0 Å². The molecule has 0 aromatic rings. The van der Waals surface area contributed by atoms with Gasteiger partial charge in [-0.05, 0) is 32.4 Å². The molecule has 4 heteroatoms. The van der Waals surface area contributed by atoms with Gasteiger partial charge in [-0.2, -0.15) is 0 Å². The van der Waals surface area contributed by atoms with Crippen molar-refractivity contribution in [2.45, 2.75) is 27.2 Å². The van der Waals surface area contributed by atoms with Gasteiger partial charge in [-0.15, -0.1) is 0 Å². The van der Waals surface area contributed by atoms with Crippen molar-refractivity contribution >= 4 is 22.8 Å². The maximum absolute atomic E-state index is 11.2. The summed E-state index contributed by atoms with van der Waals surface area (Å²) >= 11 is 5.16. The molecule has 0 fully saturated rings. The fourth-order valence-corrected chi connectivity index (χ4v) is 1.08. The molecule has 0 spiro atoms. The van der Waals surface area contributed by atoms with Gasteiger partial charge < -0.3 is 4.74 Å². The van der Waals surface area contributed by atoms with Gasteiger partial charge in [0.15, 0.2) is 0 Å². The van der Waals surface area contributed by atoms with Crippen LogP contribution in [0, 0.1) is 5.41 Å². The van der Waals surface area contributed by atoms with E-state index in [1.807, 2.05) is 0 Å². The van der Waals surface area contributed by atoms with Gasteiger partial charge in [-0.1, -0.05) is 0 Å². The summed E-state index contributed by atoms with van der Waals surface area (Å²) in [6.45, 7) is 5.30. The maximum Gasteiger partial charge on any atom is 0.311 e. The Morgan fingerprint density at radius 1 is 1.42 bits per heavy atom. The van der Waals surface area contributed by atoms with Crippen molar-refractivity contribution in [3.8, 4) is 0 Å². The fourth-order valence-electron chi connectivity index (χ4n) is 0.746. The Hall–Kier alpha value is -0.570. The Morgan fingerprint density at radius 2 is 1.92 bits per heavy atom. The van der Waals surface area contributed by atoms with Crippen LogP contribution in [-0.4, -0.2) is 17.8 Å². The van der Waals surface area contributed by atoms with Crippen LogP contribution in [0.15, 0.2) is 0 Å². The fraction of sp³-hybridized carbons (Fsp3) is 0.750. The van der Waals surface area contributed by atoms with E-state index in [-0.39, 0.29) is 12.4 Å². The molecule has 0 bridgehead atoms. The van der Waals surface area contributed by atoms with Gasteiger partial charge in [0.2, 0.25) is 5.24 Å². The Bertz CT molecular complexity index is 187. The van der Waals surface area contributed by atoms with E-state index in [0.717, 1.165) is 0 Å². The van der Waals surface area contributed by atoms with Gasteiger partial charge in [-0.3, -0.25) is 9.59 Å². The predicted molar refractivity (Wildman–Crippen MR) is 45.9 cm³/mol. The first-order chi connectivity index (χ1) is 5.40. The summed E-state index contributed by atoms with van der Waals surface area (Å²) in [7, 11) is 0. The number of rotatable bonds is 4. The van der Waals surface area contributed by atoms with Crippen LogP contribution in [0.4, 0.5) is 0 Å². The molecule has 0 aromatic carbocycles. The summed E-state index contributed by atoms with van der Waals surface area (Å²) in [5.41, 5.74) is -0.811. The summed E-state index contributed by atoms with van der Waals surface area (Å²) in [4.78, 5) is 21.7. The highest BCUT2D eigenvalue weighted by atomic mass is 35.5. The third-order valence-electron chi connectivity index (χ3n) is 1.41. The largest absolute Gasteiger partial charge is 0.466 e. The molecule has 0 heterocycles. The first-order valence-electron chi connectivity index (χ1n) is 3.75. The molecular weight excluding hydrogens is 180 g/mol. The van der Waals surface area contributed by atoms with Crippen LogP contribution in [0.3, 0.4) is 0 Å². The third-order valence-corrected chi connectivity index (χ3v) is 1.54. The minimum atomic E-state index is -0.811. The van der Waals surface area contributed by atoms with Crippen molar-refractivity contribution in [2.24, 2.45) is 5.41 Å². The number of hydrogen-bond donors (Lipinski definition) is 0. The second-order valence-electron chi connectivity index (χ2n) is 3.14. The van der Waals surface area contributed by atoms with Gasteiger partial charge in [-0.25, -0.2) is 0 Å². The van der Waals surface area contributed by atoms with Gasteiger partial charge in [0.25, 0.3) is 0 Å². The number of halogens is 1. The summed E-state index contributed by atoms with van der Waals surface area (Å²) in [6, 6.07) is 0. The molecule has 0 N–H and O–H groups in total. The standard InChI is InChI=1S/C8H13ClO3/c1-4-12-7(11)8(2,3)5-6(9)10/h4-5H2,1-3H3. The van der Waals surface area contributed by atoms with Crippen molar-refractivity contribution in [1.29, 1.82) is 0 Å². The highest BCUT2D eigenvalue weighted by molar-refractivity contribution is 6.63. The van der Waals surface area contributed by atoms with Gasteiger partial charge in [0.05, 0.1) is 12.0 Å². The lowest BCUT2D eigenvalue weighted by Gasteiger charge is -2.19. The first kappa shape index (κ1) is 11.4. The van der Waals surface area contributed by atoms with Crippen LogP contribution in [-0.2, 0) is 14.3 Å². The highest BCUT2D eigenvalue weighted by Gasteiger charge is 2.31. The minimum absolute atomic E-state index is 0.00733. The Morgan fingerprint density at radius 3 is 2.25 bits per heavy atom. The van der Waals surface area contributed by atoms with E-state index in [1.54, 1.807) is 20.8 Å². The van der Waals surface area contributed by atoms with E-state index in [4.69, 9.17) is 16.3 Å². The zero-order chi connectivity index (χ0) is 9.78. The van der Waals surface area contributed by atoms with Crippen LogP contribution >= 0.6 is 11.6 Å². The van der Waals surface area contributed by atoms with Crippen molar-refractivity contribution in [3.05, 3.63) is 0 Å². The first-order valence-corrected chi connectivity index (χ1v) is 4.13. The Labute approximate surface area is 77.0 Å². The molecule has 0 unspecified atom stereocenters. The molecule has 0 saturated heterocycles. The second kappa shape index (κ2) is 4.45. The monoisotopic (exact) mass is 192 g/mol. The van der Waals surface area contributed by atoms with Crippen LogP contribution < -0.4 is 0 Å². The van der Waals surface area contributed by atoms with Crippen molar-refractivity contribution in [3.63, 3.8) is 0 Å². The molecule has 0 aliphatic heterocycles. The highest BCUT2D eigenvalue weighted by Crippen LogP contribution is 2.23. The minimum Gasteiger partial charge on any atom is -0.466 e. The summed E-state index contributed by atoms with van der Waals surface area (Å²) in [5.74, 6) is -0.390. The molecule has 0 aliphatic rings. The van der Waals surface area contributed by atoms with E-state index < -0.39 is 10.7 Å². The molecule has 0 amide bonds. The predicted octanol–water partition coefficient (Wildman–Crippen LogP) is 1.73. The quantitative estimate of drug-likeness (QED) is 0.503. The van der Waals surface area contributed by atoms with Gasteiger partial charge >= 0.3 is 5.97 Å². The number of carbonyl (C=O) groups excluding carboxylic acids is 2. The number of esters is 1. The molecule has 12 heavy (non-hydrogen) atoms. The van der Waals surface area contributed by atoms with Crippen molar-refractivity contribution in [1.82, 2.24) is 0 Å². The van der Waals surface area contributed by atoms with E-state index in [0.29, 0.717) is 6.61 Å². The number of carbonyl (C=O) groups is 2. The van der Waals surface area contributed by atoms with E-state index >= 15 is 0 Å². The van der Waals surface area contributed by atoms with Crippen molar-refractivity contribution < 1.29 is 14.3 Å². The molecule has 0 saturated carbocycles. The van der Waals surface area contributed by atoms with E-state index in [2.05, 4.69) is 0 Å². The lowest BCUT2D eigenvalue weighted by molar-refractivity contribution is -0.154. The second-order valence-corrected chi connectivity index (χ2v) is 3.56. The lowest BCUT2D eigenvalue weighted by Crippen LogP contribution is -2.28. The van der Waals surface area contributed by atoms with Gasteiger partial charge in [0, 0.05) is 6.42 Å². The van der Waals surface area contributed by atoms with Crippen LogP contribution in [0.2, 0.25) is 0 Å². The third kappa shape index (κ3) is 3.72. The van der Waals surface area contributed by atoms with Crippen LogP contribution in [0.25, 0.3) is 0 Å². The normalized spacial score (nSPS) is 11.0. The molecule has 0 radical (unpaired) electrons. The topological polar surface area (TPSA) is 43.4 Å². The molecular formula is C8H13ClO3.